The first-order valence-corrected chi connectivity index (χ1v) is 9.31. The highest BCUT2D eigenvalue weighted by molar-refractivity contribution is 5.77. The number of ether oxygens (including phenoxy) is 2. The number of rotatable bonds is 5. The molecule has 0 atom stereocenters. The topological polar surface area (TPSA) is 67.7 Å². The number of hydrogen-bond donors (Lipinski definition) is 1. The summed E-state index contributed by atoms with van der Waals surface area (Å²) in [5.74, 6) is 3.08. The second-order valence-electron chi connectivity index (χ2n) is 6.67. The van der Waals surface area contributed by atoms with Gasteiger partial charge in [0, 0.05) is 36.7 Å². The van der Waals surface area contributed by atoms with Gasteiger partial charge >= 0.3 is 0 Å². The zero-order valence-electron chi connectivity index (χ0n) is 16.1. The molecule has 6 nitrogen and oxygen atoms in total. The van der Waals surface area contributed by atoms with E-state index in [0.717, 1.165) is 39.7 Å². The average Bonchev–Trinajstić information content (AvgIpc) is 2.93. The average molecular weight is 377 g/mol. The molecule has 0 saturated carbocycles. The van der Waals surface area contributed by atoms with Gasteiger partial charge in [0.25, 0.3) is 0 Å². The van der Waals surface area contributed by atoms with Crippen molar-refractivity contribution in [3.8, 4) is 34.1 Å². The number of anilines is 1. The van der Waals surface area contributed by atoms with Crippen LogP contribution >= 0.6 is 0 Å². The summed E-state index contributed by atoms with van der Waals surface area (Å²) in [7, 11) is 3.58. The lowest BCUT2D eigenvalue weighted by atomic mass is 10.0. The number of hydrogen-bond acceptors (Lipinski definition) is 6. The van der Waals surface area contributed by atoms with Gasteiger partial charge in [-0.25, -0.2) is 9.97 Å². The maximum absolute atomic E-state index is 9.44. The maximum Gasteiger partial charge on any atom is 0.162 e. The summed E-state index contributed by atoms with van der Waals surface area (Å²) in [4.78, 5) is 11.7. The van der Waals surface area contributed by atoms with Crippen LogP contribution in [0.4, 0.5) is 5.82 Å². The molecule has 0 spiro atoms. The van der Waals surface area contributed by atoms with Crippen LogP contribution in [0.5, 0.6) is 11.5 Å². The minimum Gasteiger partial charge on any atom is -0.497 e. The van der Waals surface area contributed by atoms with Gasteiger partial charge in [-0.3, -0.25) is 0 Å². The Morgan fingerprint density at radius 3 is 2.64 bits per heavy atom. The highest BCUT2D eigenvalue weighted by Crippen LogP contribution is 2.38. The second kappa shape index (κ2) is 7.86. The SMILES string of the molecule is COc1ccc(-c2nc3c(c(N(C)CCO)n2)CCOc2ccccc2-3)cc1. The standard InChI is InChI=1S/C22H23N3O3/c1-25(12-13-26)22-18-11-14-28-19-6-4-3-5-17(19)20(18)23-21(24-22)15-7-9-16(27-2)10-8-15/h3-10,26H,11-14H2,1-2H3. The highest BCUT2D eigenvalue weighted by Gasteiger charge is 2.23. The van der Waals surface area contributed by atoms with Crippen molar-refractivity contribution in [2.45, 2.75) is 6.42 Å². The quantitative estimate of drug-likeness (QED) is 0.737. The van der Waals surface area contributed by atoms with Crippen molar-refractivity contribution < 1.29 is 14.6 Å². The molecule has 1 aliphatic rings. The lowest BCUT2D eigenvalue weighted by Gasteiger charge is -2.22. The van der Waals surface area contributed by atoms with Crippen molar-refractivity contribution >= 4 is 5.82 Å². The van der Waals surface area contributed by atoms with Gasteiger partial charge in [-0.1, -0.05) is 12.1 Å². The molecule has 0 amide bonds. The minimum absolute atomic E-state index is 0.0558. The van der Waals surface area contributed by atoms with Gasteiger partial charge in [-0.05, 0) is 36.4 Å². The molecule has 4 rings (SSSR count). The van der Waals surface area contributed by atoms with Crippen molar-refractivity contribution in [1.82, 2.24) is 9.97 Å². The van der Waals surface area contributed by atoms with E-state index in [1.54, 1.807) is 7.11 Å². The highest BCUT2D eigenvalue weighted by atomic mass is 16.5. The molecule has 0 fully saturated rings. The van der Waals surface area contributed by atoms with Gasteiger partial charge in [-0.2, -0.15) is 0 Å². The fourth-order valence-corrected chi connectivity index (χ4v) is 3.42. The summed E-state index contributed by atoms with van der Waals surface area (Å²) in [6.07, 6.45) is 0.706. The Kier molecular flexibility index (Phi) is 5.12. The number of para-hydroxylation sites is 1. The lowest BCUT2D eigenvalue weighted by Crippen LogP contribution is -2.24. The lowest BCUT2D eigenvalue weighted by molar-refractivity contribution is 0.303. The number of methoxy groups -OCH3 is 1. The predicted octanol–water partition coefficient (Wildman–Crippen LogP) is 3.18. The number of likely N-dealkylation sites (N-methyl/N-ethyl adjacent to an activating group) is 1. The molecule has 0 aliphatic carbocycles. The van der Waals surface area contributed by atoms with E-state index in [0.29, 0.717) is 25.4 Å². The molecule has 2 aromatic carbocycles. The molecular weight excluding hydrogens is 354 g/mol. The summed E-state index contributed by atoms with van der Waals surface area (Å²) in [5, 5.41) is 9.44. The second-order valence-corrected chi connectivity index (χ2v) is 6.67. The molecule has 144 valence electrons. The number of aliphatic hydroxyl groups is 1. The first kappa shape index (κ1) is 18.3. The first-order chi connectivity index (χ1) is 13.7. The van der Waals surface area contributed by atoms with Crippen molar-refractivity contribution in [2.24, 2.45) is 0 Å². The molecule has 3 aromatic rings. The number of nitrogens with zero attached hydrogens (tertiary/aromatic N) is 3. The zero-order valence-corrected chi connectivity index (χ0v) is 16.1. The van der Waals surface area contributed by atoms with Gasteiger partial charge in [0.2, 0.25) is 0 Å². The van der Waals surface area contributed by atoms with Crippen LogP contribution in [0.2, 0.25) is 0 Å². The molecule has 1 aromatic heterocycles. The van der Waals surface area contributed by atoms with Gasteiger partial charge in [0.15, 0.2) is 5.82 Å². The van der Waals surface area contributed by atoms with Crippen molar-refractivity contribution in [3.05, 3.63) is 54.1 Å². The van der Waals surface area contributed by atoms with Crippen LogP contribution in [0.25, 0.3) is 22.6 Å². The molecule has 0 bridgehead atoms. The van der Waals surface area contributed by atoms with E-state index in [2.05, 4.69) is 0 Å². The molecule has 0 radical (unpaired) electrons. The molecule has 0 saturated heterocycles. The molecule has 1 aliphatic heterocycles. The molecule has 28 heavy (non-hydrogen) atoms. The third-order valence-electron chi connectivity index (χ3n) is 4.88. The van der Waals surface area contributed by atoms with Gasteiger partial charge in [0.05, 0.1) is 26.0 Å². The van der Waals surface area contributed by atoms with E-state index in [4.69, 9.17) is 19.4 Å². The van der Waals surface area contributed by atoms with Crippen LogP contribution in [0.1, 0.15) is 5.56 Å². The van der Waals surface area contributed by atoms with Crippen LogP contribution in [0.15, 0.2) is 48.5 Å². The van der Waals surface area contributed by atoms with E-state index in [1.807, 2.05) is 60.5 Å². The van der Waals surface area contributed by atoms with Crippen molar-refractivity contribution in [1.29, 1.82) is 0 Å². The predicted molar refractivity (Wildman–Crippen MR) is 109 cm³/mol. The Morgan fingerprint density at radius 1 is 1.11 bits per heavy atom. The van der Waals surface area contributed by atoms with Crippen LogP contribution < -0.4 is 14.4 Å². The van der Waals surface area contributed by atoms with Crippen LogP contribution in [-0.4, -0.2) is 49.0 Å². The van der Waals surface area contributed by atoms with Crippen molar-refractivity contribution in [3.63, 3.8) is 0 Å². The molecular formula is C22H23N3O3. The summed E-state index contributed by atoms with van der Waals surface area (Å²) in [5.41, 5.74) is 3.79. The number of benzene rings is 2. The third-order valence-corrected chi connectivity index (χ3v) is 4.88. The summed E-state index contributed by atoms with van der Waals surface area (Å²) < 4.78 is 11.2. The third kappa shape index (κ3) is 3.39. The van der Waals surface area contributed by atoms with Crippen LogP contribution in [0, 0.1) is 0 Å². The Labute approximate surface area is 164 Å². The monoisotopic (exact) mass is 377 g/mol. The summed E-state index contributed by atoms with van der Waals surface area (Å²) in [6, 6.07) is 15.7. The fraction of sp³-hybridized carbons (Fsp3) is 0.273. The normalized spacial score (nSPS) is 12.4. The smallest absolute Gasteiger partial charge is 0.162 e. The number of aromatic nitrogens is 2. The minimum atomic E-state index is 0.0558. The Morgan fingerprint density at radius 2 is 1.89 bits per heavy atom. The Balaban J connectivity index is 1.92. The van der Waals surface area contributed by atoms with Gasteiger partial charge in [-0.15, -0.1) is 0 Å². The molecule has 1 N–H and O–H groups in total. The van der Waals surface area contributed by atoms with E-state index in [9.17, 15) is 5.11 Å². The van der Waals surface area contributed by atoms with Crippen LogP contribution in [0.3, 0.4) is 0 Å². The largest absolute Gasteiger partial charge is 0.497 e. The zero-order chi connectivity index (χ0) is 19.5. The molecule has 0 unspecified atom stereocenters. The first-order valence-electron chi connectivity index (χ1n) is 9.31. The summed E-state index contributed by atoms with van der Waals surface area (Å²) in [6.45, 7) is 1.11. The maximum atomic E-state index is 9.44. The number of aliphatic hydroxyl groups excluding tert-OH is 1. The Bertz CT molecular complexity index is 973. The van der Waals surface area contributed by atoms with Crippen LogP contribution in [-0.2, 0) is 6.42 Å². The van der Waals surface area contributed by atoms with E-state index >= 15 is 0 Å². The molecule has 6 heteroatoms. The van der Waals surface area contributed by atoms with Crippen molar-refractivity contribution in [2.75, 3.05) is 38.8 Å². The van der Waals surface area contributed by atoms with E-state index < -0.39 is 0 Å². The Hall–Kier alpha value is -3.12. The number of fused-ring (bicyclic) bond motifs is 3. The van der Waals surface area contributed by atoms with Gasteiger partial charge < -0.3 is 19.5 Å². The van der Waals surface area contributed by atoms with Gasteiger partial charge in [0.1, 0.15) is 17.3 Å². The van der Waals surface area contributed by atoms with E-state index in [1.165, 1.54) is 0 Å². The summed E-state index contributed by atoms with van der Waals surface area (Å²) >= 11 is 0. The molecule has 2 heterocycles. The fourth-order valence-electron chi connectivity index (χ4n) is 3.42. The van der Waals surface area contributed by atoms with E-state index in [-0.39, 0.29) is 6.61 Å².